The first kappa shape index (κ1) is 13.5. The Labute approximate surface area is 108 Å². The van der Waals surface area contributed by atoms with Gasteiger partial charge in [-0.3, -0.25) is 0 Å². The van der Waals surface area contributed by atoms with Gasteiger partial charge in [0.05, 0.1) is 0 Å². The lowest BCUT2D eigenvalue weighted by Gasteiger charge is -2.15. The lowest BCUT2D eigenvalue weighted by atomic mass is 9.89. The van der Waals surface area contributed by atoms with E-state index in [4.69, 9.17) is 0 Å². The summed E-state index contributed by atoms with van der Waals surface area (Å²) in [6.45, 7) is 10.3. The smallest absolute Gasteiger partial charge is 0.126 e. The zero-order chi connectivity index (χ0) is 13.6. The topological polar surface area (TPSA) is 12.0 Å². The molecule has 18 heavy (non-hydrogen) atoms. The van der Waals surface area contributed by atoms with E-state index in [1.165, 1.54) is 12.1 Å². The van der Waals surface area contributed by atoms with Crippen molar-refractivity contribution >= 4 is 0 Å². The second-order valence-electron chi connectivity index (χ2n) is 5.94. The molecule has 0 amide bonds. The molecule has 1 nitrogen and oxygen atoms in total. The van der Waals surface area contributed by atoms with E-state index in [0.717, 1.165) is 24.7 Å². The highest BCUT2D eigenvalue weighted by molar-refractivity contribution is 5.39. The molecule has 2 atom stereocenters. The Balaban J connectivity index is 2.31. The Morgan fingerprint density at radius 3 is 2.17 bits per heavy atom. The minimum atomic E-state index is -0.490. The fourth-order valence-electron chi connectivity index (χ4n) is 3.28. The van der Waals surface area contributed by atoms with Crippen LogP contribution in [0.15, 0.2) is 18.2 Å². The Hall–Kier alpha value is -0.960. The summed E-state index contributed by atoms with van der Waals surface area (Å²) in [7, 11) is 0. The van der Waals surface area contributed by atoms with E-state index in [9.17, 15) is 8.78 Å². The van der Waals surface area contributed by atoms with Crippen LogP contribution in [0.5, 0.6) is 0 Å². The van der Waals surface area contributed by atoms with Gasteiger partial charge < -0.3 is 5.32 Å². The number of nitrogens with one attached hydrogen (secondary N) is 1. The Kier molecular flexibility index (Phi) is 3.22. The molecule has 1 aromatic rings. The molecule has 0 bridgehead atoms. The maximum atomic E-state index is 13.4. The second-order valence-corrected chi connectivity index (χ2v) is 5.94. The van der Waals surface area contributed by atoms with Gasteiger partial charge in [0.1, 0.15) is 11.6 Å². The van der Waals surface area contributed by atoms with Crippen LogP contribution < -0.4 is 5.32 Å². The van der Waals surface area contributed by atoms with Crippen LogP contribution in [-0.4, -0.2) is 13.1 Å². The normalized spacial score (nSPS) is 29.3. The average Bonchev–Trinajstić information content (AvgIpc) is 2.70. The molecule has 1 fully saturated rings. The van der Waals surface area contributed by atoms with Crippen LogP contribution in [0.2, 0.25) is 0 Å². The Bertz CT molecular complexity index is 436. The molecule has 0 heterocycles. The molecule has 0 saturated heterocycles. The highest BCUT2D eigenvalue weighted by atomic mass is 19.1. The zero-order valence-electron chi connectivity index (χ0n) is 11.5. The van der Waals surface area contributed by atoms with Gasteiger partial charge in [0.2, 0.25) is 0 Å². The van der Waals surface area contributed by atoms with Crippen molar-refractivity contribution < 1.29 is 8.78 Å². The first-order valence-corrected chi connectivity index (χ1v) is 6.51. The molecule has 0 spiro atoms. The predicted molar refractivity (Wildman–Crippen MR) is 69.5 cm³/mol. The first-order chi connectivity index (χ1) is 8.34. The summed E-state index contributed by atoms with van der Waals surface area (Å²) in [6, 6.07) is 3.87. The molecule has 1 N–H and O–H groups in total. The summed E-state index contributed by atoms with van der Waals surface area (Å²) in [4.78, 5) is 0. The minimum Gasteiger partial charge on any atom is -0.317 e. The summed E-state index contributed by atoms with van der Waals surface area (Å²) in [5.74, 6) is -0.571. The molecule has 3 heteroatoms. The van der Waals surface area contributed by atoms with Crippen molar-refractivity contribution in [3.8, 4) is 0 Å². The van der Waals surface area contributed by atoms with Gasteiger partial charge in [-0.25, -0.2) is 8.78 Å². The fraction of sp³-hybridized carbons (Fsp3) is 0.600. The zero-order valence-corrected chi connectivity index (χ0v) is 11.5. The summed E-state index contributed by atoms with van der Waals surface area (Å²) >= 11 is 0. The molecule has 0 radical (unpaired) electrons. The van der Waals surface area contributed by atoms with E-state index in [-0.39, 0.29) is 10.8 Å². The maximum Gasteiger partial charge on any atom is 0.126 e. The van der Waals surface area contributed by atoms with Crippen LogP contribution in [0, 0.1) is 23.0 Å². The summed E-state index contributed by atoms with van der Waals surface area (Å²) < 4.78 is 26.7. The van der Waals surface area contributed by atoms with Crippen molar-refractivity contribution in [3.63, 3.8) is 0 Å². The minimum absolute atomic E-state index is 0.0649. The number of benzene rings is 1. The van der Waals surface area contributed by atoms with Crippen molar-refractivity contribution in [2.45, 2.75) is 33.1 Å². The number of rotatable bonds is 4. The third kappa shape index (κ3) is 1.85. The largest absolute Gasteiger partial charge is 0.317 e. The molecule has 2 unspecified atom stereocenters. The van der Waals surface area contributed by atoms with E-state index < -0.39 is 11.6 Å². The van der Waals surface area contributed by atoms with Gasteiger partial charge in [-0.05, 0) is 42.1 Å². The Morgan fingerprint density at radius 2 is 1.67 bits per heavy atom. The quantitative estimate of drug-likeness (QED) is 0.866. The summed E-state index contributed by atoms with van der Waals surface area (Å²) in [6.07, 6.45) is 0. The molecule has 100 valence electrons. The van der Waals surface area contributed by atoms with Crippen LogP contribution >= 0.6 is 0 Å². The summed E-state index contributed by atoms with van der Waals surface area (Å²) in [5.41, 5.74) is 0.681. The van der Waals surface area contributed by atoms with Crippen molar-refractivity contribution in [2.24, 2.45) is 11.3 Å². The van der Waals surface area contributed by atoms with E-state index in [1.54, 1.807) is 0 Å². The Morgan fingerprint density at radius 1 is 1.11 bits per heavy atom. The van der Waals surface area contributed by atoms with Crippen LogP contribution in [0.1, 0.15) is 33.3 Å². The van der Waals surface area contributed by atoms with Gasteiger partial charge in [0, 0.05) is 11.5 Å². The summed E-state index contributed by atoms with van der Waals surface area (Å²) in [5, 5.41) is 3.33. The molecule has 2 rings (SSSR count). The molecule has 1 saturated carbocycles. The van der Waals surface area contributed by atoms with E-state index in [2.05, 4.69) is 33.0 Å². The lowest BCUT2D eigenvalue weighted by Crippen LogP contribution is -2.19. The van der Waals surface area contributed by atoms with Crippen LogP contribution in [0.25, 0.3) is 0 Å². The van der Waals surface area contributed by atoms with Crippen LogP contribution in [0.3, 0.4) is 0 Å². The van der Waals surface area contributed by atoms with Crippen molar-refractivity contribution in [2.75, 3.05) is 13.1 Å². The van der Waals surface area contributed by atoms with Gasteiger partial charge >= 0.3 is 0 Å². The molecule has 0 aromatic heterocycles. The van der Waals surface area contributed by atoms with Gasteiger partial charge in [-0.15, -0.1) is 0 Å². The third-order valence-electron chi connectivity index (χ3n) is 4.88. The third-order valence-corrected chi connectivity index (χ3v) is 4.88. The van der Waals surface area contributed by atoms with Crippen LogP contribution in [-0.2, 0) is 5.41 Å². The van der Waals surface area contributed by atoms with Gasteiger partial charge in [0.25, 0.3) is 0 Å². The molecular weight excluding hydrogens is 232 g/mol. The first-order valence-electron chi connectivity index (χ1n) is 6.51. The average molecular weight is 253 g/mol. The molecule has 1 aromatic carbocycles. The van der Waals surface area contributed by atoms with Gasteiger partial charge in [-0.1, -0.05) is 27.7 Å². The molecule has 1 aliphatic carbocycles. The molecule has 1 aliphatic rings. The van der Waals surface area contributed by atoms with Crippen molar-refractivity contribution in [1.29, 1.82) is 0 Å². The standard InChI is InChI=1S/C15H21F2N/c1-5-18-9-13-14(2,3)15(13,4)10-6-11(16)8-12(17)7-10/h6-8,13,18H,5,9H2,1-4H3. The number of hydrogen-bond acceptors (Lipinski definition) is 1. The number of hydrogen-bond donors (Lipinski definition) is 1. The monoisotopic (exact) mass is 253 g/mol. The predicted octanol–water partition coefficient (Wildman–Crippen LogP) is 3.49. The van der Waals surface area contributed by atoms with Crippen LogP contribution in [0.4, 0.5) is 8.78 Å². The van der Waals surface area contributed by atoms with Crippen molar-refractivity contribution in [1.82, 2.24) is 5.32 Å². The SMILES string of the molecule is CCNCC1C(C)(C)C1(C)c1cc(F)cc(F)c1. The maximum absolute atomic E-state index is 13.4. The van der Waals surface area contributed by atoms with Gasteiger partial charge in [-0.2, -0.15) is 0 Å². The molecule has 0 aliphatic heterocycles. The van der Waals surface area contributed by atoms with E-state index in [1.807, 2.05) is 0 Å². The van der Waals surface area contributed by atoms with E-state index >= 15 is 0 Å². The number of halogens is 2. The van der Waals surface area contributed by atoms with Gasteiger partial charge in [0.15, 0.2) is 0 Å². The highest BCUT2D eigenvalue weighted by Gasteiger charge is 2.67. The van der Waals surface area contributed by atoms with E-state index in [0.29, 0.717) is 5.92 Å². The second kappa shape index (κ2) is 4.30. The fourth-order valence-corrected chi connectivity index (χ4v) is 3.28. The highest BCUT2D eigenvalue weighted by Crippen LogP contribution is 2.68. The lowest BCUT2D eigenvalue weighted by molar-refractivity contribution is 0.505. The van der Waals surface area contributed by atoms with Crippen molar-refractivity contribution in [3.05, 3.63) is 35.4 Å². The molecular formula is C15H21F2N.